The Morgan fingerprint density at radius 2 is 1.96 bits per heavy atom. The van der Waals surface area contributed by atoms with Gasteiger partial charge in [-0.05, 0) is 31.2 Å². The number of ether oxygens (including phenoxy) is 1. The van der Waals surface area contributed by atoms with Crippen LogP contribution in [0.3, 0.4) is 0 Å². The molecule has 1 aromatic heterocycles. The summed E-state index contributed by atoms with van der Waals surface area (Å²) in [6.07, 6.45) is 1.16. The number of amides is 1. The highest BCUT2D eigenvalue weighted by Gasteiger charge is 2.15. The second-order valence-corrected chi connectivity index (χ2v) is 7.67. The first-order valence-electron chi connectivity index (χ1n) is 7.33. The van der Waals surface area contributed by atoms with E-state index >= 15 is 0 Å². The molecule has 2 aromatic rings. The highest BCUT2D eigenvalue weighted by molar-refractivity contribution is 7.90. The van der Waals surface area contributed by atoms with Crippen molar-refractivity contribution in [1.29, 1.82) is 0 Å². The Morgan fingerprint density at radius 3 is 2.54 bits per heavy atom. The minimum atomic E-state index is -3.10. The van der Waals surface area contributed by atoms with Gasteiger partial charge >= 0.3 is 0 Å². The maximum Gasteiger partial charge on any atom is 0.226 e. The van der Waals surface area contributed by atoms with Gasteiger partial charge < -0.3 is 14.5 Å². The molecule has 0 aliphatic heterocycles. The highest BCUT2D eigenvalue weighted by Crippen LogP contribution is 2.24. The quantitative estimate of drug-likeness (QED) is 0.808. The lowest BCUT2D eigenvalue weighted by Gasteiger charge is -2.02. The van der Waals surface area contributed by atoms with Crippen molar-refractivity contribution in [1.82, 2.24) is 10.3 Å². The van der Waals surface area contributed by atoms with Gasteiger partial charge in [-0.15, -0.1) is 0 Å². The molecule has 8 heteroatoms. The maximum atomic E-state index is 11.9. The van der Waals surface area contributed by atoms with Crippen LogP contribution in [0.15, 0.2) is 28.7 Å². The second-order valence-electron chi connectivity index (χ2n) is 5.41. The molecular formula is C16H20N2O5S. The number of rotatable bonds is 7. The Morgan fingerprint density at radius 1 is 1.29 bits per heavy atom. The average Bonchev–Trinajstić information content (AvgIpc) is 2.87. The minimum absolute atomic E-state index is 0.0370. The lowest BCUT2D eigenvalue weighted by atomic mass is 10.2. The summed E-state index contributed by atoms with van der Waals surface area (Å²) in [7, 11) is -1.51. The van der Waals surface area contributed by atoms with Crippen LogP contribution >= 0.6 is 0 Å². The molecule has 0 aliphatic carbocycles. The second kappa shape index (κ2) is 7.48. The molecule has 0 atom stereocenters. The van der Waals surface area contributed by atoms with Gasteiger partial charge in [-0.2, -0.15) is 0 Å². The van der Waals surface area contributed by atoms with Crippen molar-refractivity contribution in [2.24, 2.45) is 0 Å². The summed E-state index contributed by atoms with van der Waals surface area (Å²) in [4.78, 5) is 16.2. The van der Waals surface area contributed by atoms with Gasteiger partial charge in [0.15, 0.2) is 0 Å². The lowest BCUT2D eigenvalue weighted by Crippen LogP contribution is -2.30. The monoisotopic (exact) mass is 352 g/mol. The summed E-state index contributed by atoms with van der Waals surface area (Å²) in [6.45, 7) is 1.82. The van der Waals surface area contributed by atoms with Crippen LogP contribution < -0.4 is 10.1 Å². The predicted octanol–water partition coefficient (Wildman–Crippen LogP) is 1.36. The van der Waals surface area contributed by atoms with Gasteiger partial charge in [0.1, 0.15) is 21.3 Å². The standard InChI is InChI=1S/C16H20N2O5S/c1-11-14(10-15(19)17-8-9-24(3,20)21)18-16(23-11)12-4-6-13(22-2)7-5-12/h4-7H,8-10H2,1-3H3,(H,17,19). The van der Waals surface area contributed by atoms with Crippen LogP contribution in [-0.2, 0) is 21.1 Å². The van der Waals surface area contributed by atoms with E-state index in [-0.39, 0.29) is 24.6 Å². The first-order valence-corrected chi connectivity index (χ1v) is 9.39. The fraction of sp³-hybridized carbons (Fsp3) is 0.375. The zero-order valence-corrected chi connectivity index (χ0v) is 14.6. The topological polar surface area (TPSA) is 98.5 Å². The van der Waals surface area contributed by atoms with Gasteiger partial charge in [0.25, 0.3) is 0 Å². The molecule has 130 valence electrons. The van der Waals surface area contributed by atoms with Crippen molar-refractivity contribution in [3.05, 3.63) is 35.7 Å². The van der Waals surface area contributed by atoms with Crippen molar-refractivity contribution < 1.29 is 22.4 Å². The van der Waals surface area contributed by atoms with E-state index in [9.17, 15) is 13.2 Å². The van der Waals surface area contributed by atoms with Gasteiger partial charge in [0.05, 0.1) is 25.0 Å². The molecule has 24 heavy (non-hydrogen) atoms. The first-order chi connectivity index (χ1) is 11.3. The van der Waals surface area contributed by atoms with Crippen LogP contribution in [0, 0.1) is 6.92 Å². The number of carbonyl (C=O) groups is 1. The van der Waals surface area contributed by atoms with Gasteiger partial charge in [0, 0.05) is 18.4 Å². The highest BCUT2D eigenvalue weighted by atomic mass is 32.2. The molecule has 0 saturated heterocycles. The Kier molecular flexibility index (Phi) is 5.61. The number of aryl methyl sites for hydroxylation is 1. The number of nitrogens with one attached hydrogen (secondary N) is 1. The van der Waals surface area contributed by atoms with Crippen LogP contribution in [0.25, 0.3) is 11.5 Å². The summed E-state index contributed by atoms with van der Waals surface area (Å²) in [5.41, 5.74) is 1.31. The summed E-state index contributed by atoms with van der Waals surface area (Å²) in [5, 5.41) is 2.56. The van der Waals surface area contributed by atoms with E-state index in [2.05, 4.69) is 10.3 Å². The minimum Gasteiger partial charge on any atom is -0.497 e. The fourth-order valence-electron chi connectivity index (χ4n) is 2.04. The molecule has 1 heterocycles. The number of methoxy groups -OCH3 is 1. The molecular weight excluding hydrogens is 332 g/mol. The SMILES string of the molecule is COc1ccc(-c2nc(CC(=O)NCCS(C)(=O)=O)c(C)o2)cc1. The summed E-state index contributed by atoms with van der Waals surface area (Å²) >= 11 is 0. The number of benzene rings is 1. The number of aromatic nitrogens is 1. The van der Waals surface area contributed by atoms with E-state index in [4.69, 9.17) is 9.15 Å². The number of hydrogen-bond donors (Lipinski definition) is 1. The van der Waals surface area contributed by atoms with Crippen molar-refractivity contribution in [3.63, 3.8) is 0 Å². The smallest absolute Gasteiger partial charge is 0.226 e. The molecule has 0 saturated carbocycles. The van der Waals surface area contributed by atoms with Crippen LogP contribution in [0.5, 0.6) is 5.75 Å². The lowest BCUT2D eigenvalue weighted by molar-refractivity contribution is -0.120. The van der Waals surface area contributed by atoms with Crippen LogP contribution in [0.4, 0.5) is 0 Å². The summed E-state index contributed by atoms with van der Waals surface area (Å²) < 4.78 is 32.8. The normalized spacial score (nSPS) is 11.3. The van der Waals surface area contributed by atoms with Crippen molar-refractivity contribution in [3.8, 4) is 17.2 Å². The third kappa shape index (κ3) is 5.09. The molecule has 0 radical (unpaired) electrons. The van der Waals surface area contributed by atoms with Crippen molar-refractivity contribution in [2.75, 3.05) is 25.7 Å². The zero-order valence-electron chi connectivity index (χ0n) is 13.8. The number of nitrogens with zero attached hydrogens (tertiary/aromatic N) is 1. The van der Waals surface area contributed by atoms with Crippen molar-refractivity contribution >= 4 is 15.7 Å². The number of hydrogen-bond acceptors (Lipinski definition) is 6. The van der Waals surface area contributed by atoms with E-state index in [0.717, 1.165) is 17.6 Å². The Hall–Kier alpha value is -2.35. The Bertz CT molecular complexity index is 809. The van der Waals surface area contributed by atoms with E-state index in [0.29, 0.717) is 17.3 Å². The van der Waals surface area contributed by atoms with E-state index in [1.54, 1.807) is 26.2 Å². The molecule has 0 aliphatic rings. The average molecular weight is 352 g/mol. The number of sulfone groups is 1. The molecule has 0 unspecified atom stereocenters. The third-order valence-corrected chi connectivity index (χ3v) is 4.30. The number of carbonyl (C=O) groups excluding carboxylic acids is 1. The summed E-state index contributed by atoms with van der Waals surface area (Å²) in [5.74, 6) is 1.32. The van der Waals surface area contributed by atoms with E-state index in [1.807, 2.05) is 12.1 Å². The third-order valence-electron chi connectivity index (χ3n) is 3.35. The summed E-state index contributed by atoms with van der Waals surface area (Å²) in [6, 6.07) is 7.24. The molecule has 2 rings (SSSR count). The van der Waals surface area contributed by atoms with Gasteiger partial charge in [-0.25, -0.2) is 13.4 Å². The van der Waals surface area contributed by atoms with E-state index in [1.165, 1.54) is 0 Å². The largest absolute Gasteiger partial charge is 0.497 e. The fourth-order valence-corrected chi connectivity index (χ4v) is 2.51. The number of oxazole rings is 1. The molecule has 1 aromatic carbocycles. The predicted molar refractivity (Wildman–Crippen MR) is 89.7 cm³/mol. The van der Waals surface area contributed by atoms with Crippen molar-refractivity contribution in [2.45, 2.75) is 13.3 Å². The maximum absolute atomic E-state index is 11.9. The first kappa shape index (κ1) is 18.0. The van der Waals surface area contributed by atoms with Gasteiger partial charge in [0.2, 0.25) is 11.8 Å². The van der Waals surface area contributed by atoms with Gasteiger partial charge in [-0.1, -0.05) is 0 Å². The molecule has 1 amide bonds. The van der Waals surface area contributed by atoms with E-state index < -0.39 is 9.84 Å². The molecule has 0 spiro atoms. The van der Waals surface area contributed by atoms with Crippen LogP contribution in [0.1, 0.15) is 11.5 Å². The van der Waals surface area contributed by atoms with Gasteiger partial charge in [-0.3, -0.25) is 4.79 Å². The Balaban J connectivity index is 2.01. The molecule has 1 N–H and O–H groups in total. The van der Waals surface area contributed by atoms with Crippen LogP contribution in [-0.4, -0.2) is 45.0 Å². The Labute approximate surface area is 141 Å². The molecule has 0 fully saturated rings. The van der Waals surface area contributed by atoms with Crippen LogP contribution in [0.2, 0.25) is 0 Å². The molecule has 0 bridgehead atoms. The molecule has 7 nitrogen and oxygen atoms in total. The zero-order chi connectivity index (χ0) is 17.7.